The van der Waals surface area contributed by atoms with Crippen LogP contribution in [-0.4, -0.2) is 11.1 Å². The summed E-state index contributed by atoms with van der Waals surface area (Å²) in [6.45, 7) is 0. The van der Waals surface area contributed by atoms with Gasteiger partial charge in [0.1, 0.15) is 5.82 Å². The van der Waals surface area contributed by atoms with Gasteiger partial charge in [-0.2, -0.15) is 13.2 Å². The summed E-state index contributed by atoms with van der Waals surface area (Å²) in [6.07, 6.45) is -3.62. The van der Waals surface area contributed by atoms with E-state index in [1.165, 1.54) is 0 Å². The lowest BCUT2D eigenvalue weighted by atomic mass is 10.0. The molecule has 0 aliphatic carbocycles. The molecule has 0 fully saturated rings. The van der Waals surface area contributed by atoms with E-state index in [9.17, 15) is 22.4 Å². The van der Waals surface area contributed by atoms with E-state index < -0.39 is 23.5 Å². The Hall–Kier alpha value is -1.59. The molecule has 1 rings (SSSR count). The Kier molecular flexibility index (Phi) is 4.69. The zero-order valence-corrected chi connectivity index (χ0v) is 9.43. The Bertz CT molecular complexity index is 427. The van der Waals surface area contributed by atoms with E-state index in [4.69, 9.17) is 5.11 Å². The number of benzene rings is 1. The zero-order chi connectivity index (χ0) is 13.8. The molecule has 0 saturated carbocycles. The maximum Gasteiger partial charge on any atom is 0.416 e. The van der Waals surface area contributed by atoms with Crippen molar-refractivity contribution in [2.75, 3.05) is 0 Å². The van der Waals surface area contributed by atoms with E-state index >= 15 is 0 Å². The van der Waals surface area contributed by atoms with Gasteiger partial charge in [0.2, 0.25) is 0 Å². The van der Waals surface area contributed by atoms with Crippen LogP contribution in [0.15, 0.2) is 18.2 Å². The van der Waals surface area contributed by atoms with Crippen molar-refractivity contribution in [3.05, 3.63) is 35.1 Å². The van der Waals surface area contributed by atoms with Crippen LogP contribution in [0.4, 0.5) is 17.6 Å². The highest BCUT2D eigenvalue weighted by molar-refractivity contribution is 5.66. The van der Waals surface area contributed by atoms with Crippen molar-refractivity contribution in [3.8, 4) is 0 Å². The van der Waals surface area contributed by atoms with Gasteiger partial charge in [-0.05, 0) is 43.0 Å². The highest BCUT2D eigenvalue weighted by Gasteiger charge is 2.31. The quantitative estimate of drug-likeness (QED) is 0.651. The van der Waals surface area contributed by atoms with Crippen molar-refractivity contribution in [1.82, 2.24) is 0 Å². The maximum atomic E-state index is 13.0. The third kappa shape index (κ3) is 4.73. The van der Waals surface area contributed by atoms with E-state index in [1.54, 1.807) is 0 Å². The van der Waals surface area contributed by atoms with Crippen LogP contribution in [0.5, 0.6) is 0 Å². The van der Waals surface area contributed by atoms with Crippen molar-refractivity contribution < 1.29 is 27.5 Å². The minimum Gasteiger partial charge on any atom is -0.481 e. The van der Waals surface area contributed by atoms with Crippen molar-refractivity contribution in [2.24, 2.45) is 0 Å². The van der Waals surface area contributed by atoms with Crippen LogP contribution in [0.25, 0.3) is 0 Å². The molecule has 0 saturated heterocycles. The number of hydrogen-bond acceptors (Lipinski definition) is 1. The maximum absolute atomic E-state index is 13.0. The van der Waals surface area contributed by atoms with Gasteiger partial charge < -0.3 is 5.11 Å². The van der Waals surface area contributed by atoms with Crippen molar-refractivity contribution >= 4 is 5.97 Å². The molecule has 0 radical (unpaired) electrons. The number of rotatable bonds is 5. The highest BCUT2D eigenvalue weighted by Crippen LogP contribution is 2.30. The fourth-order valence-corrected chi connectivity index (χ4v) is 1.56. The first-order chi connectivity index (χ1) is 8.29. The Morgan fingerprint density at radius 3 is 2.39 bits per heavy atom. The molecule has 0 aliphatic heterocycles. The molecule has 1 N–H and O–H groups in total. The molecule has 0 heterocycles. The van der Waals surface area contributed by atoms with Gasteiger partial charge >= 0.3 is 12.1 Å². The monoisotopic (exact) mass is 264 g/mol. The second kappa shape index (κ2) is 5.84. The molecule has 0 aromatic heterocycles. The molecular formula is C12H12F4O2. The topological polar surface area (TPSA) is 37.3 Å². The van der Waals surface area contributed by atoms with Gasteiger partial charge in [0.05, 0.1) is 5.56 Å². The second-order valence-electron chi connectivity index (χ2n) is 3.95. The second-order valence-corrected chi connectivity index (χ2v) is 3.95. The zero-order valence-electron chi connectivity index (χ0n) is 9.43. The lowest BCUT2D eigenvalue weighted by Crippen LogP contribution is -2.06. The predicted molar refractivity (Wildman–Crippen MR) is 56.6 cm³/mol. The SMILES string of the molecule is O=C(O)CCCCc1cc(F)cc(C(F)(F)F)c1. The lowest BCUT2D eigenvalue weighted by Gasteiger charge is -2.09. The Balaban J connectivity index is 2.66. The van der Waals surface area contributed by atoms with E-state index in [0.29, 0.717) is 18.9 Å². The molecule has 18 heavy (non-hydrogen) atoms. The number of carbonyl (C=O) groups is 1. The molecule has 0 atom stereocenters. The molecule has 100 valence electrons. The number of unbranched alkanes of at least 4 members (excludes halogenated alkanes) is 1. The van der Waals surface area contributed by atoms with Crippen LogP contribution in [-0.2, 0) is 17.4 Å². The van der Waals surface area contributed by atoms with E-state index in [0.717, 1.165) is 12.1 Å². The first-order valence-electron chi connectivity index (χ1n) is 5.37. The Morgan fingerprint density at radius 2 is 1.83 bits per heavy atom. The lowest BCUT2D eigenvalue weighted by molar-refractivity contribution is -0.138. The van der Waals surface area contributed by atoms with Crippen LogP contribution >= 0.6 is 0 Å². The van der Waals surface area contributed by atoms with Gasteiger partial charge in [0.25, 0.3) is 0 Å². The van der Waals surface area contributed by atoms with Crippen molar-refractivity contribution in [3.63, 3.8) is 0 Å². The van der Waals surface area contributed by atoms with Crippen molar-refractivity contribution in [2.45, 2.75) is 31.9 Å². The number of aryl methyl sites for hydroxylation is 1. The molecule has 6 heteroatoms. The number of alkyl halides is 3. The molecule has 0 spiro atoms. The van der Waals surface area contributed by atoms with Crippen LogP contribution < -0.4 is 0 Å². The summed E-state index contributed by atoms with van der Waals surface area (Å²) in [7, 11) is 0. The number of halogens is 4. The summed E-state index contributed by atoms with van der Waals surface area (Å²) in [5.41, 5.74) is -0.788. The van der Waals surface area contributed by atoms with Gasteiger partial charge in [0.15, 0.2) is 0 Å². The summed E-state index contributed by atoms with van der Waals surface area (Å²) >= 11 is 0. The predicted octanol–water partition coefficient (Wildman–Crippen LogP) is 3.64. The third-order valence-electron chi connectivity index (χ3n) is 2.39. The van der Waals surface area contributed by atoms with Crippen LogP contribution in [0, 0.1) is 5.82 Å². The summed E-state index contributed by atoms with van der Waals surface area (Å²) in [6, 6.07) is 2.38. The minimum atomic E-state index is -4.57. The average molecular weight is 264 g/mol. The van der Waals surface area contributed by atoms with Crippen molar-refractivity contribution in [1.29, 1.82) is 0 Å². The normalized spacial score (nSPS) is 11.6. The van der Waals surface area contributed by atoms with E-state index in [1.807, 2.05) is 0 Å². The van der Waals surface area contributed by atoms with Crippen LogP contribution in [0.2, 0.25) is 0 Å². The Labute approximate surface area is 101 Å². The van der Waals surface area contributed by atoms with Gasteiger partial charge in [-0.1, -0.05) is 0 Å². The Morgan fingerprint density at radius 1 is 1.17 bits per heavy atom. The molecule has 1 aromatic carbocycles. The van der Waals surface area contributed by atoms with Gasteiger partial charge in [0, 0.05) is 6.42 Å². The number of aliphatic carboxylic acids is 1. The molecule has 0 bridgehead atoms. The van der Waals surface area contributed by atoms with Gasteiger partial charge in [-0.25, -0.2) is 4.39 Å². The largest absolute Gasteiger partial charge is 0.481 e. The summed E-state index contributed by atoms with van der Waals surface area (Å²) in [4.78, 5) is 10.2. The molecule has 0 unspecified atom stereocenters. The third-order valence-corrected chi connectivity index (χ3v) is 2.39. The smallest absolute Gasteiger partial charge is 0.416 e. The van der Waals surface area contributed by atoms with Crippen LogP contribution in [0.1, 0.15) is 30.4 Å². The molecular weight excluding hydrogens is 252 g/mol. The number of hydrogen-bond donors (Lipinski definition) is 1. The molecule has 0 aliphatic rings. The molecule has 0 amide bonds. The number of carboxylic acid groups (broad SMARTS) is 1. The summed E-state index contributed by atoms with van der Waals surface area (Å²) in [5.74, 6) is -1.89. The summed E-state index contributed by atoms with van der Waals surface area (Å²) in [5, 5.41) is 8.40. The minimum absolute atomic E-state index is 0.0402. The molecule has 2 nitrogen and oxygen atoms in total. The standard InChI is InChI=1S/C12H12F4O2/c13-10-6-8(3-1-2-4-11(17)18)5-9(7-10)12(14,15)16/h5-7H,1-4H2,(H,17,18). The van der Waals surface area contributed by atoms with Gasteiger partial charge in [-0.3, -0.25) is 4.79 Å². The number of carboxylic acids is 1. The first-order valence-corrected chi connectivity index (χ1v) is 5.37. The van der Waals surface area contributed by atoms with Crippen LogP contribution in [0.3, 0.4) is 0 Å². The molecule has 1 aromatic rings. The summed E-state index contributed by atoms with van der Waals surface area (Å²) < 4.78 is 50.2. The fourth-order valence-electron chi connectivity index (χ4n) is 1.56. The van der Waals surface area contributed by atoms with Gasteiger partial charge in [-0.15, -0.1) is 0 Å². The highest BCUT2D eigenvalue weighted by atomic mass is 19.4. The fraction of sp³-hybridized carbons (Fsp3) is 0.417. The van der Waals surface area contributed by atoms with E-state index in [-0.39, 0.29) is 18.4 Å². The van der Waals surface area contributed by atoms with E-state index in [2.05, 4.69) is 0 Å². The average Bonchev–Trinajstić information content (AvgIpc) is 2.22. The first kappa shape index (κ1) is 14.5.